The van der Waals surface area contributed by atoms with Crippen molar-refractivity contribution in [3.05, 3.63) is 16.7 Å². The maximum Gasteiger partial charge on any atom is 0.177 e. The fraction of sp³-hybridized carbons (Fsp3) is 0.750. The first-order chi connectivity index (χ1) is 7.15. The monoisotopic (exact) mass is 226 g/mol. The van der Waals surface area contributed by atoms with Gasteiger partial charge in [0.25, 0.3) is 0 Å². The quantitative estimate of drug-likeness (QED) is 0.563. The summed E-state index contributed by atoms with van der Waals surface area (Å²) in [6, 6.07) is 0.527. The zero-order valence-electron chi connectivity index (χ0n) is 10.0. The molecule has 0 aliphatic rings. The highest BCUT2D eigenvalue weighted by Gasteiger charge is 2.05. The molecule has 1 atom stereocenters. The normalized spacial score (nSPS) is 13.0. The van der Waals surface area contributed by atoms with Crippen molar-refractivity contribution in [2.75, 3.05) is 0 Å². The zero-order chi connectivity index (χ0) is 11.3. The highest BCUT2D eigenvalue weighted by Crippen LogP contribution is 2.16. The Bertz CT molecular complexity index is 338. The van der Waals surface area contributed by atoms with E-state index in [1.807, 2.05) is 0 Å². The summed E-state index contributed by atoms with van der Waals surface area (Å²) in [7, 11) is 0. The molecule has 1 heterocycles. The van der Waals surface area contributed by atoms with Crippen molar-refractivity contribution in [1.82, 2.24) is 9.55 Å². The third kappa shape index (κ3) is 3.82. The summed E-state index contributed by atoms with van der Waals surface area (Å²) in [5, 5.41) is 0. The minimum absolute atomic E-state index is 0.527. The van der Waals surface area contributed by atoms with Crippen LogP contribution in [0.15, 0.2) is 6.20 Å². The van der Waals surface area contributed by atoms with Crippen molar-refractivity contribution in [2.24, 2.45) is 0 Å². The van der Waals surface area contributed by atoms with E-state index in [-0.39, 0.29) is 0 Å². The number of hydrogen-bond acceptors (Lipinski definition) is 1. The number of imidazole rings is 1. The second-order valence-electron chi connectivity index (χ2n) is 4.35. The highest BCUT2D eigenvalue weighted by molar-refractivity contribution is 7.71. The average molecular weight is 226 g/mol. The third-order valence-corrected chi connectivity index (χ3v) is 3.13. The topological polar surface area (TPSA) is 20.7 Å². The van der Waals surface area contributed by atoms with Crippen LogP contribution in [-0.2, 0) is 0 Å². The van der Waals surface area contributed by atoms with Crippen molar-refractivity contribution in [3.8, 4) is 0 Å². The van der Waals surface area contributed by atoms with Crippen LogP contribution in [0.4, 0.5) is 0 Å². The number of rotatable bonds is 6. The van der Waals surface area contributed by atoms with Crippen molar-refractivity contribution in [3.63, 3.8) is 0 Å². The molecule has 0 amide bonds. The standard InChI is InChI=1S/C12H22N2S/c1-4-5-6-7-8-11(3)14-9-10(2)13-12(14)15/h9,11H,4-8H2,1-3H3,(H,13,15). The van der Waals surface area contributed by atoms with E-state index in [1.54, 1.807) is 0 Å². The van der Waals surface area contributed by atoms with E-state index >= 15 is 0 Å². The molecule has 1 unspecified atom stereocenters. The second kappa shape index (κ2) is 6.11. The minimum Gasteiger partial charge on any atom is -0.335 e. The van der Waals surface area contributed by atoms with E-state index < -0.39 is 0 Å². The second-order valence-corrected chi connectivity index (χ2v) is 4.73. The summed E-state index contributed by atoms with van der Waals surface area (Å²) < 4.78 is 3.03. The summed E-state index contributed by atoms with van der Waals surface area (Å²) in [5.41, 5.74) is 1.15. The summed E-state index contributed by atoms with van der Waals surface area (Å²) >= 11 is 5.26. The van der Waals surface area contributed by atoms with Crippen LogP contribution in [0.25, 0.3) is 0 Å². The van der Waals surface area contributed by atoms with Crippen LogP contribution in [0.2, 0.25) is 0 Å². The number of aryl methyl sites for hydroxylation is 1. The van der Waals surface area contributed by atoms with Gasteiger partial charge in [0, 0.05) is 17.9 Å². The maximum atomic E-state index is 5.26. The lowest BCUT2D eigenvalue weighted by atomic mass is 10.1. The molecule has 3 heteroatoms. The molecular weight excluding hydrogens is 204 g/mol. The van der Waals surface area contributed by atoms with Crippen molar-refractivity contribution in [2.45, 2.75) is 58.9 Å². The smallest absolute Gasteiger partial charge is 0.177 e. The predicted octanol–water partition coefficient (Wildman–Crippen LogP) is 4.39. The Morgan fingerprint density at radius 3 is 2.67 bits per heavy atom. The van der Waals surface area contributed by atoms with E-state index in [2.05, 4.69) is 36.5 Å². The molecule has 1 aromatic rings. The molecule has 15 heavy (non-hydrogen) atoms. The molecule has 0 aliphatic carbocycles. The van der Waals surface area contributed by atoms with Gasteiger partial charge in [-0.25, -0.2) is 0 Å². The number of nitrogens with zero attached hydrogens (tertiary/aromatic N) is 1. The molecule has 0 saturated carbocycles. The molecular formula is C12H22N2S. The van der Waals surface area contributed by atoms with Gasteiger partial charge >= 0.3 is 0 Å². The lowest BCUT2D eigenvalue weighted by molar-refractivity contribution is 0.468. The van der Waals surface area contributed by atoms with Gasteiger partial charge in [0.15, 0.2) is 4.77 Å². The van der Waals surface area contributed by atoms with E-state index in [9.17, 15) is 0 Å². The molecule has 0 saturated heterocycles. The van der Waals surface area contributed by atoms with Gasteiger partial charge in [0.2, 0.25) is 0 Å². The van der Waals surface area contributed by atoms with Gasteiger partial charge in [-0.2, -0.15) is 0 Å². The first-order valence-electron chi connectivity index (χ1n) is 5.93. The van der Waals surface area contributed by atoms with Crippen LogP contribution in [0.5, 0.6) is 0 Å². The minimum atomic E-state index is 0.527. The van der Waals surface area contributed by atoms with E-state index in [4.69, 9.17) is 12.2 Å². The van der Waals surface area contributed by atoms with Gasteiger partial charge in [-0.3, -0.25) is 0 Å². The molecule has 0 aromatic carbocycles. The summed E-state index contributed by atoms with van der Waals surface area (Å²) in [6.07, 6.45) is 8.65. The van der Waals surface area contributed by atoms with Crippen molar-refractivity contribution in [1.29, 1.82) is 0 Å². The van der Waals surface area contributed by atoms with Gasteiger partial charge in [-0.05, 0) is 32.5 Å². The number of unbranched alkanes of at least 4 members (excludes halogenated alkanes) is 3. The third-order valence-electron chi connectivity index (χ3n) is 2.82. The fourth-order valence-electron chi connectivity index (χ4n) is 1.87. The molecule has 1 aromatic heterocycles. The van der Waals surface area contributed by atoms with Gasteiger partial charge < -0.3 is 9.55 Å². The number of nitrogens with one attached hydrogen (secondary N) is 1. The first-order valence-corrected chi connectivity index (χ1v) is 6.33. The van der Waals surface area contributed by atoms with Crippen molar-refractivity contribution < 1.29 is 0 Å². The Kier molecular flexibility index (Phi) is 5.09. The molecule has 86 valence electrons. The molecule has 0 radical (unpaired) electrons. The summed E-state index contributed by atoms with van der Waals surface area (Å²) in [5.74, 6) is 0. The molecule has 1 rings (SSSR count). The van der Waals surface area contributed by atoms with E-state index in [1.165, 1.54) is 32.1 Å². The zero-order valence-corrected chi connectivity index (χ0v) is 10.9. The Balaban J connectivity index is 2.43. The average Bonchev–Trinajstić information content (AvgIpc) is 2.52. The van der Waals surface area contributed by atoms with Crippen LogP contribution < -0.4 is 0 Å². The molecule has 0 aliphatic heterocycles. The van der Waals surface area contributed by atoms with Gasteiger partial charge in [0.05, 0.1) is 0 Å². The Hall–Kier alpha value is -0.570. The van der Waals surface area contributed by atoms with Crippen LogP contribution in [-0.4, -0.2) is 9.55 Å². The van der Waals surface area contributed by atoms with Crippen molar-refractivity contribution >= 4 is 12.2 Å². The van der Waals surface area contributed by atoms with Crippen LogP contribution in [0, 0.1) is 11.7 Å². The molecule has 1 N–H and O–H groups in total. The molecule has 2 nitrogen and oxygen atoms in total. The number of H-pyrrole nitrogens is 1. The SMILES string of the molecule is CCCCCCC(C)n1cc(C)[nH]c1=S. The van der Waals surface area contributed by atoms with Gasteiger partial charge in [-0.15, -0.1) is 0 Å². The summed E-state index contributed by atoms with van der Waals surface area (Å²) in [4.78, 5) is 3.17. The lowest BCUT2D eigenvalue weighted by Gasteiger charge is -2.12. The Morgan fingerprint density at radius 1 is 1.40 bits per heavy atom. The first kappa shape index (κ1) is 12.5. The maximum absolute atomic E-state index is 5.26. The summed E-state index contributed by atoms with van der Waals surface area (Å²) in [6.45, 7) is 6.54. The van der Waals surface area contributed by atoms with Crippen LogP contribution in [0.1, 0.15) is 57.7 Å². The molecule has 0 bridgehead atoms. The predicted molar refractivity (Wildman–Crippen MR) is 67.8 cm³/mol. The van der Waals surface area contributed by atoms with Gasteiger partial charge in [0.1, 0.15) is 0 Å². The molecule has 0 fully saturated rings. The highest BCUT2D eigenvalue weighted by atomic mass is 32.1. The largest absolute Gasteiger partial charge is 0.335 e. The Morgan fingerprint density at radius 2 is 2.13 bits per heavy atom. The van der Waals surface area contributed by atoms with Gasteiger partial charge in [-0.1, -0.05) is 32.6 Å². The Labute approximate surface area is 97.7 Å². The molecule has 0 spiro atoms. The fourth-order valence-corrected chi connectivity index (χ4v) is 2.26. The number of hydrogen-bond donors (Lipinski definition) is 1. The lowest BCUT2D eigenvalue weighted by Crippen LogP contribution is -2.03. The van der Waals surface area contributed by atoms with Crippen LogP contribution in [0.3, 0.4) is 0 Å². The number of aromatic amines is 1. The van der Waals surface area contributed by atoms with Crippen LogP contribution >= 0.6 is 12.2 Å². The van der Waals surface area contributed by atoms with E-state index in [0.717, 1.165) is 10.5 Å². The number of aromatic nitrogens is 2. The van der Waals surface area contributed by atoms with E-state index in [0.29, 0.717) is 6.04 Å².